The summed E-state index contributed by atoms with van der Waals surface area (Å²) in [4.78, 5) is 21.4. The van der Waals surface area contributed by atoms with E-state index >= 15 is 0 Å². The average Bonchev–Trinajstić information content (AvgIpc) is 2.35. The van der Waals surface area contributed by atoms with Crippen LogP contribution in [0.5, 0.6) is 5.75 Å². The van der Waals surface area contributed by atoms with E-state index in [1.54, 1.807) is 12.1 Å². The summed E-state index contributed by atoms with van der Waals surface area (Å²) in [5, 5.41) is 10.9. The van der Waals surface area contributed by atoms with Gasteiger partial charge in [0, 0.05) is 6.07 Å². The summed E-state index contributed by atoms with van der Waals surface area (Å²) >= 11 is 3.20. The summed E-state index contributed by atoms with van der Waals surface area (Å²) in [7, 11) is 0. The Kier molecular flexibility index (Phi) is 5.46. The minimum atomic E-state index is -1.11. The third-order valence-corrected chi connectivity index (χ3v) is 3.42. The van der Waals surface area contributed by atoms with Crippen molar-refractivity contribution < 1.29 is 14.5 Å². The molecule has 0 aliphatic carbocycles. The molecular formula is C12H16BrN3O4. The van der Waals surface area contributed by atoms with E-state index in [-0.39, 0.29) is 18.0 Å². The van der Waals surface area contributed by atoms with Crippen molar-refractivity contribution in [1.82, 2.24) is 0 Å². The molecule has 0 aliphatic rings. The fourth-order valence-electron chi connectivity index (χ4n) is 1.52. The molecule has 110 valence electrons. The fraction of sp³-hybridized carbons (Fsp3) is 0.417. The SMILES string of the molecule is CC(N)(CCCOc1c(Br)cccc1[N+](=O)[O-])C(N)=O. The second kappa shape index (κ2) is 6.67. The van der Waals surface area contributed by atoms with Crippen LogP contribution in [0.15, 0.2) is 22.7 Å². The predicted molar refractivity (Wildman–Crippen MR) is 77.3 cm³/mol. The van der Waals surface area contributed by atoms with Gasteiger partial charge in [-0.25, -0.2) is 0 Å². The van der Waals surface area contributed by atoms with E-state index in [0.717, 1.165) is 0 Å². The van der Waals surface area contributed by atoms with E-state index < -0.39 is 16.4 Å². The summed E-state index contributed by atoms with van der Waals surface area (Å²) in [5.41, 5.74) is 9.62. The van der Waals surface area contributed by atoms with E-state index in [2.05, 4.69) is 15.9 Å². The number of carbonyl (C=O) groups is 1. The van der Waals surface area contributed by atoms with Crippen molar-refractivity contribution in [2.75, 3.05) is 6.61 Å². The maximum atomic E-state index is 11.0. The molecule has 7 nitrogen and oxygen atoms in total. The molecule has 1 unspecified atom stereocenters. The van der Waals surface area contributed by atoms with Gasteiger partial charge in [0.15, 0.2) is 0 Å². The Morgan fingerprint density at radius 2 is 2.20 bits per heavy atom. The van der Waals surface area contributed by atoms with Crippen LogP contribution in [0.3, 0.4) is 0 Å². The molecule has 1 amide bonds. The van der Waals surface area contributed by atoms with Crippen molar-refractivity contribution in [3.8, 4) is 5.75 Å². The number of nitrogens with two attached hydrogens (primary N) is 2. The van der Waals surface area contributed by atoms with Gasteiger partial charge in [0.2, 0.25) is 11.7 Å². The van der Waals surface area contributed by atoms with Gasteiger partial charge >= 0.3 is 5.69 Å². The Balaban J connectivity index is 2.63. The van der Waals surface area contributed by atoms with Crippen LogP contribution in [0.4, 0.5) is 5.69 Å². The molecule has 0 aliphatic heterocycles. The van der Waals surface area contributed by atoms with Crippen molar-refractivity contribution in [1.29, 1.82) is 0 Å². The zero-order valence-electron chi connectivity index (χ0n) is 11.0. The van der Waals surface area contributed by atoms with Crippen molar-refractivity contribution >= 4 is 27.5 Å². The smallest absolute Gasteiger partial charge is 0.312 e. The van der Waals surface area contributed by atoms with Gasteiger partial charge in [-0.1, -0.05) is 6.07 Å². The molecule has 0 fully saturated rings. The number of ether oxygens (including phenoxy) is 1. The van der Waals surface area contributed by atoms with Crippen molar-refractivity contribution in [3.05, 3.63) is 32.8 Å². The second-order valence-corrected chi connectivity index (χ2v) is 5.43. The van der Waals surface area contributed by atoms with Crippen LogP contribution in [0, 0.1) is 10.1 Å². The monoisotopic (exact) mass is 345 g/mol. The van der Waals surface area contributed by atoms with Gasteiger partial charge in [0.05, 0.1) is 21.5 Å². The van der Waals surface area contributed by atoms with Crippen LogP contribution < -0.4 is 16.2 Å². The van der Waals surface area contributed by atoms with E-state index in [1.165, 1.54) is 13.0 Å². The van der Waals surface area contributed by atoms with Gasteiger partial charge in [-0.2, -0.15) is 0 Å². The van der Waals surface area contributed by atoms with E-state index in [0.29, 0.717) is 17.3 Å². The van der Waals surface area contributed by atoms with Gasteiger partial charge in [0.25, 0.3) is 0 Å². The maximum Gasteiger partial charge on any atom is 0.312 e. The van der Waals surface area contributed by atoms with Crippen LogP contribution in [-0.4, -0.2) is 23.0 Å². The van der Waals surface area contributed by atoms with E-state index in [4.69, 9.17) is 16.2 Å². The van der Waals surface area contributed by atoms with E-state index in [9.17, 15) is 14.9 Å². The van der Waals surface area contributed by atoms with Crippen molar-refractivity contribution in [2.45, 2.75) is 25.3 Å². The highest BCUT2D eigenvalue weighted by molar-refractivity contribution is 9.10. The van der Waals surface area contributed by atoms with Crippen molar-refractivity contribution in [3.63, 3.8) is 0 Å². The number of benzene rings is 1. The first kappa shape index (κ1) is 16.4. The number of nitrogens with zero attached hydrogens (tertiary/aromatic N) is 1. The Labute approximate surface area is 124 Å². The molecule has 0 heterocycles. The molecule has 8 heteroatoms. The van der Waals surface area contributed by atoms with Gasteiger partial charge in [-0.3, -0.25) is 14.9 Å². The van der Waals surface area contributed by atoms with Crippen LogP contribution in [-0.2, 0) is 4.79 Å². The lowest BCUT2D eigenvalue weighted by molar-refractivity contribution is -0.386. The number of amides is 1. The van der Waals surface area contributed by atoms with Gasteiger partial charge in [-0.15, -0.1) is 0 Å². The molecule has 1 aromatic rings. The second-order valence-electron chi connectivity index (χ2n) is 4.58. The van der Waals surface area contributed by atoms with Gasteiger partial charge in [0.1, 0.15) is 0 Å². The first-order valence-corrected chi connectivity index (χ1v) is 6.69. The summed E-state index contributed by atoms with van der Waals surface area (Å²) < 4.78 is 5.91. The number of hydrogen-bond acceptors (Lipinski definition) is 5. The minimum Gasteiger partial charge on any atom is -0.486 e. The van der Waals surface area contributed by atoms with Crippen LogP contribution in [0.2, 0.25) is 0 Å². The largest absolute Gasteiger partial charge is 0.486 e. The number of nitro benzene ring substituents is 1. The third kappa shape index (κ3) is 4.17. The Morgan fingerprint density at radius 3 is 2.75 bits per heavy atom. The zero-order chi connectivity index (χ0) is 15.3. The lowest BCUT2D eigenvalue weighted by Gasteiger charge is -2.20. The summed E-state index contributed by atoms with van der Waals surface area (Å²) in [6.45, 7) is 1.74. The highest BCUT2D eigenvalue weighted by Gasteiger charge is 2.25. The number of primary amides is 1. The van der Waals surface area contributed by atoms with Crippen LogP contribution >= 0.6 is 15.9 Å². The lowest BCUT2D eigenvalue weighted by atomic mass is 9.97. The lowest BCUT2D eigenvalue weighted by Crippen LogP contribution is -2.49. The Bertz CT molecular complexity index is 519. The molecule has 1 atom stereocenters. The molecule has 4 N–H and O–H groups in total. The summed E-state index contributed by atoms with van der Waals surface area (Å²) in [6, 6.07) is 4.56. The Morgan fingerprint density at radius 1 is 1.55 bits per heavy atom. The average molecular weight is 346 g/mol. The van der Waals surface area contributed by atoms with Crippen LogP contribution in [0.1, 0.15) is 19.8 Å². The first-order valence-electron chi connectivity index (χ1n) is 5.90. The topological polar surface area (TPSA) is 121 Å². The molecule has 0 aromatic heterocycles. The first-order chi connectivity index (χ1) is 9.25. The number of hydrogen-bond donors (Lipinski definition) is 2. The maximum absolute atomic E-state index is 11.0. The highest BCUT2D eigenvalue weighted by atomic mass is 79.9. The molecule has 0 spiro atoms. The minimum absolute atomic E-state index is 0.121. The predicted octanol–water partition coefficient (Wildman–Crippen LogP) is 1.72. The summed E-state index contributed by atoms with van der Waals surface area (Å²) in [6.07, 6.45) is 0.787. The number of nitro groups is 1. The number of para-hydroxylation sites is 1. The molecule has 1 aromatic carbocycles. The standard InChI is InChI=1S/C12H16BrN3O4/c1-12(15,11(14)17)6-3-7-20-10-8(13)4-2-5-9(10)16(18)19/h2,4-5H,3,6-7,15H2,1H3,(H2,14,17). The van der Waals surface area contributed by atoms with Crippen LogP contribution in [0.25, 0.3) is 0 Å². The molecule has 0 bridgehead atoms. The molecule has 1 rings (SSSR count). The number of rotatable bonds is 7. The van der Waals surface area contributed by atoms with Gasteiger partial charge < -0.3 is 16.2 Å². The number of carbonyl (C=O) groups excluding carboxylic acids is 1. The van der Waals surface area contributed by atoms with Crippen molar-refractivity contribution in [2.24, 2.45) is 11.5 Å². The summed E-state index contributed by atoms with van der Waals surface area (Å²) in [5.74, 6) is -0.431. The fourth-order valence-corrected chi connectivity index (χ4v) is 1.99. The third-order valence-electron chi connectivity index (χ3n) is 2.79. The molecule has 0 saturated carbocycles. The number of halogens is 1. The molecule has 0 saturated heterocycles. The van der Waals surface area contributed by atoms with E-state index in [1.807, 2.05) is 0 Å². The highest BCUT2D eigenvalue weighted by Crippen LogP contribution is 2.34. The Hall–Kier alpha value is -1.67. The molecule has 0 radical (unpaired) electrons. The quantitative estimate of drug-likeness (QED) is 0.442. The zero-order valence-corrected chi connectivity index (χ0v) is 12.6. The normalized spacial score (nSPS) is 13.6. The molecular weight excluding hydrogens is 330 g/mol. The van der Waals surface area contributed by atoms with Gasteiger partial charge in [-0.05, 0) is 41.8 Å². The molecule has 20 heavy (non-hydrogen) atoms.